The van der Waals surface area contributed by atoms with Gasteiger partial charge in [-0.15, -0.1) is 0 Å². The summed E-state index contributed by atoms with van der Waals surface area (Å²) in [5, 5.41) is 11.5. The highest BCUT2D eigenvalue weighted by Crippen LogP contribution is 1.94. The lowest BCUT2D eigenvalue weighted by Gasteiger charge is -2.19. The molecule has 0 unspecified atom stereocenters. The van der Waals surface area contributed by atoms with Gasteiger partial charge in [-0.25, -0.2) is 0 Å². The molecule has 0 aromatic heterocycles. The van der Waals surface area contributed by atoms with Crippen molar-refractivity contribution in [2.75, 3.05) is 32.8 Å². The second kappa shape index (κ2) is 10.9. The van der Waals surface area contributed by atoms with Gasteiger partial charge in [0.15, 0.2) is 0 Å². The summed E-state index contributed by atoms with van der Waals surface area (Å²) in [4.78, 5) is 13.7. The number of nitrogens with one attached hydrogen (secondary N) is 1. The molecule has 0 rings (SSSR count). The molecule has 0 aliphatic carbocycles. The van der Waals surface area contributed by atoms with E-state index in [1.807, 2.05) is 0 Å². The van der Waals surface area contributed by atoms with Crippen molar-refractivity contribution < 1.29 is 9.90 Å². The average Bonchev–Trinajstić information content (AvgIpc) is 2.28. The van der Waals surface area contributed by atoms with Crippen LogP contribution < -0.4 is 5.32 Å². The van der Waals surface area contributed by atoms with Crippen LogP contribution in [0.5, 0.6) is 0 Å². The summed E-state index contributed by atoms with van der Waals surface area (Å²) < 4.78 is 0. The van der Waals surface area contributed by atoms with E-state index in [2.05, 4.69) is 24.1 Å². The van der Waals surface area contributed by atoms with Crippen LogP contribution in [-0.2, 0) is 4.79 Å². The molecule has 0 aromatic carbocycles. The molecule has 0 saturated heterocycles. The molecular weight excluding hydrogens is 204 g/mol. The maximum absolute atomic E-state index is 11.3. The van der Waals surface area contributed by atoms with Gasteiger partial charge in [-0.2, -0.15) is 0 Å². The number of rotatable bonds is 10. The number of aliphatic hydroxyl groups is 1. The summed E-state index contributed by atoms with van der Waals surface area (Å²) in [5.74, 6) is 0.0981. The van der Waals surface area contributed by atoms with Gasteiger partial charge in [-0.3, -0.25) is 4.79 Å². The third-order valence-corrected chi connectivity index (χ3v) is 2.55. The average molecular weight is 230 g/mol. The van der Waals surface area contributed by atoms with E-state index in [9.17, 15) is 4.79 Å². The summed E-state index contributed by atoms with van der Waals surface area (Å²) in [6, 6.07) is 0. The second-order valence-corrected chi connectivity index (χ2v) is 3.96. The first-order valence-corrected chi connectivity index (χ1v) is 6.34. The van der Waals surface area contributed by atoms with Crippen LogP contribution in [0.1, 0.15) is 39.5 Å². The van der Waals surface area contributed by atoms with Crippen molar-refractivity contribution in [2.45, 2.75) is 39.5 Å². The maximum Gasteiger partial charge on any atom is 0.220 e. The zero-order chi connectivity index (χ0) is 12.2. The fraction of sp³-hybridized carbons (Fsp3) is 0.917. The van der Waals surface area contributed by atoms with Crippen molar-refractivity contribution in [2.24, 2.45) is 0 Å². The number of hydrogen-bond acceptors (Lipinski definition) is 3. The molecule has 0 saturated carbocycles. The molecule has 0 radical (unpaired) electrons. The quantitative estimate of drug-likeness (QED) is 0.550. The zero-order valence-corrected chi connectivity index (χ0v) is 10.7. The topological polar surface area (TPSA) is 52.6 Å². The molecule has 0 spiro atoms. The molecular formula is C12H26N2O2. The van der Waals surface area contributed by atoms with Gasteiger partial charge in [0.25, 0.3) is 0 Å². The fourth-order valence-electron chi connectivity index (χ4n) is 1.58. The van der Waals surface area contributed by atoms with Crippen molar-refractivity contribution in [1.29, 1.82) is 0 Å². The number of hydrogen-bond donors (Lipinski definition) is 2. The number of likely N-dealkylation sites (N-methyl/N-ethyl adjacent to an activating group) is 1. The molecule has 0 atom stereocenters. The van der Waals surface area contributed by atoms with E-state index >= 15 is 0 Å². The largest absolute Gasteiger partial charge is 0.396 e. The zero-order valence-electron chi connectivity index (χ0n) is 10.7. The Morgan fingerprint density at radius 3 is 2.56 bits per heavy atom. The standard InChI is InChI=1S/C12H26N2O2/c1-3-9-14(4-2)10-8-13-12(16)7-5-6-11-15/h15H,3-11H2,1-2H3,(H,13,16). The monoisotopic (exact) mass is 230 g/mol. The molecule has 0 aliphatic heterocycles. The van der Waals surface area contributed by atoms with Gasteiger partial charge < -0.3 is 15.3 Å². The van der Waals surface area contributed by atoms with Crippen LogP contribution >= 0.6 is 0 Å². The van der Waals surface area contributed by atoms with Crippen molar-refractivity contribution in [1.82, 2.24) is 10.2 Å². The predicted molar refractivity (Wildman–Crippen MR) is 66.4 cm³/mol. The Balaban J connectivity index is 3.44. The van der Waals surface area contributed by atoms with E-state index in [1.54, 1.807) is 0 Å². The highest BCUT2D eigenvalue weighted by Gasteiger charge is 2.03. The minimum atomic E-state index is 0.0981. The summed E-state index contributed by atoms with van der Waals surface area (Å²) in [6.45, 7) is 8.26. The van der Waals surface area contributed by atoms with Crippen molar-refractivity contribution >= 4 is 5.91 Å². The fourth-order valence-corrected chi connectivity index (χ4v) is 1.58. The van der Waals surface area contributed by atoms with Gasteiger partial charge in [0.05, 0.1) is 0 Å². The van der Waals surface area contributed by atoms with Crippen molar-refractivity contribution in [3.05, 3.63) is 0 Å². The molecule has 4 heteroatoms. The summed E-state index contributed by atoms with van der Waals surface area (Å²) in [6.07, 6.45) is 3.16. The first kappa shape index (κ1) is 15.4. The Morgan fingerprint density at radius 2 is 2.00 bits per heavy atom. The van der Waals surface area contributed by atoms with E-state index < -0.39 is 0 Å². The summed E-state index contributed by atoms with van der Waals surface area (Å²) in [5.41, 5.74) is 0. The van der Waals surface area contributed by atoms with Crippen LogP contribution in [0.3, 0.4) is 0 Å². The first-order chi connectivity index (χ1) is 7.74. The Kier molecular flexibility index (Phi) is 10.5. The minimum absolute atomic E-state index is 0.0981. The number of unbranched alkanes of at least 4 members (excludes halogenated alkanes) is 1. The second-order valence-electron chi connectivity index (χ2n) is 3.96. The maximum atomic E-state index is 11.3. The highest BCUT2D eigenvalue weighted by molar-refractivity contribution is 5.75. The number of aliphatic hydroxyl groups excluding tert-OH is 1. The van der Waals surface area contributed by atoms with E-state index in [1.165, 1.54) is 0 Å². The molecule has 16 heavy (non-hydrogen) atoms. The smallest absolute Gasteiger partial charge is 0.220 e. The van der Waals surface area contributed by atoms with Crippen molar-refractivity contribution in [3.8, 4) is 0 Å². The molecule has 0 aliphatic rings. The Hall–Kier alpha value is -0.610. The molecule has 0 bridgehead atoms. The SMILES string of the molecule is CCCN(CC)CCNC(=O)CCCCO. The van der Waals surface area contributed by atoms with Gasteiger partial charge in [0, 0.05) is 26.1 Å². The third kappa shape index (κ3) is 8.68. The molecule has 0 heterocycles. The summed E-state index contributed by atoms with van der Waals surface area (Å²) >= 11 is 0. The lowest BCUT2D eigenvalue weighted by Crippen LogP contribution is -2.35. The number of carbonyl (C=O) groups is 1. The van der Waals surface area contributed by atoms with Crippen LogP contribution in [0.25, 0.3) is 0 Å². The van der Waals surface area contributed by atoms with Crippen LogP contribution in [0, 0.1) is 0 Å². The van der Waals surface area contributed by atoms with Gasteiger partial charge in [0.2, 0.25) is 5.91 Å². The van der Waals surface area contributed by atoms with Gasteiger partial charge in [0.1, 0.15) is 0 Å². The molecule has 96 valence electrons. The highest BCUT2D eigenvalue weighted by atomic mass is 16.2. The van der Waals surface area contributed by atoms with Gasteiger partial charge >= 0.3 is 0 Å². The number of amides is 1. The Labute approximate surface area is 99.0 Å². The molecule has 4 nitrogen and oxygen atoms in total. The molecule has 2 N–H and O–H groups in total. The Bertz CT molecular complexity index is 174. The molecule has 0 fully saturated rings. The van der Waals surface area contributed by atoms with Crippen LogP contribution in [0.15, 0.2) is 0 Å². The van der Waals surface area contributed by atoms with E-state index in [-0.39, 0.29) is 12.5 Å². The normalized spacial score (nSPS) is 10.8. The van der Waals surface area contributed by atoms with Crippen LogP contribution in [0.4, 0.5) is 0 Å². The number of nitrogens with zero attached hydrogens (tertiary/aromatic N) is 1. The minimum Gasteiger partial charge on any atom is -0.396 e. The summed E-state index contributed by atoms with van der Waals surface area (Å²) in [7, 11) is 0. The molecule has 0 aromatic rings. The Morgan fingerprint density at radius 1 is 1.25 bits per heavy atom. The predicted octanol–water partition coefficient (Wildman–Crippen LogP) is 0.997. The van der Waals surface area contributed by atoms with E-state index in [0.717, 1.165) is 39.0 Å². The van der Waals surface area contributed by atoms with E-state index in [4.69, 9.17) is 5.11 Å². The number of carbonyl (C=O) groups excluding carboxylic acids is 1. The van der Waals surface area contributed by atoms with Crippen molar-refractivity contribution in [3.63, 3.8) is 0 Å². The lowest BCUT2D eigenvalue weighted by molar-refractivity contribution is -0.121. The van der Waals surface area contributed by atoms with Gasteiger partial charge in [-0.05, 0) is 32.4 Å². The lowest BCUT2D eigenvalue weighted by atomic mass is 10.2. The van der Waals surface area contributed by atoms with E-state index in [0.29, 0.717) is 12.8 Å². The van der Waals surface area contributed by atoms with Crippen LogP contribution in [-0.4, -0.2) is 48.7 Å². The first-order valence-electron chi connectivity index (χ1n) is 6.34. The van der Waals surface area contributed by atoms with Crippen LogP contribution in [0.2, 0.25) is 0 Å². The molecule has 1 amide bonds. The third-order valence-electron chi connectivity index (χ3n) is 2.55. The van der Waals surface area contributed by atoms with Gasteiger partial charge in [-0.1, -0.05) is 13.8 Å².